The smallest absolute Gasteiger partial charge is 0.672 e. The van der Waals surface area contributed by atoms with Crippen LogP contribution in [0.1, 0.15) is 54.1 Å². The van der Waals surface area contributed by atoms with Crippen molar-refractivity contribution in [1.82, 2.24) is 0 Å². The van der Waals surface area contributed by atoms with Crippen molar-refractivity contribution in [3.8, 4) is 0 Å². The first kappa shape index (κ1) is 43.6. The zero-order chi connectivity index (χ0) is 34.8. The van der Waals surface area contributed by atoms with Gasteiger partial charge in [0, 0.05) is 0 Å². The number of hydrogen-bond acceptors (Lipinski definition) is 4. The SMILES string of the molecule is Cc1ccc(C(C)C)cc1.O=S(=O)(O)C(F)(F)F.[CH3-].[NH-][C@H](c1ccccc1)[C@H]([N-]S(=O)(=O)c1cccc2ccccc12)c1ccccc1.[Ru+3]. The van der Waals surface area contributed by atoms with E-state index in [1.807, 2.05) is 84.9 Å². The molecule has 0 heterocycles. The van der Waals surface area contributed by atoms with E-state index in [9.17, 15) is 21.6 Å². The Morgan fingerprint density at radius 1 is 0.673 bits per heavy atom. The van der Waals surface area contributed by atoms with Gasteiger partial charge in [-0.15, -0.1) is 12.1 Å². The summed E-state index contributed by atoms with van der Waals surface area (Å²) in [5, 5.41) is 1.47. The molecule has 1 radical (unpaired) electrons. The van der Waals surface area contributed by atoms with Crippen LogP contribution in [0.3, 0.4) is 0 Å². The van der Waals surface area contributed by atoms with Crippen molar-refractivity contribution in [2.75, 3.05) is 0 Å². The molecule has 0 spiro atoms. The van der Waals surface area contributed by atoms with Crippen LogP contribution in [0.2, 0.25) is 0 Å². The monoisotopic (exact) mass is 801 g/mol. The van der Waals surface area contributed by atoms with Gasteiger partial charge in [-0.3, -0.25) is 4.55 Å². The van der Waals surface area contributed by atoms with E-state index in [-0.39, 0.29) is 31.8 Å². The number of nitrogens with zero attached hydrogens (tertiary/aromatic N) is 1. The average Bonchev–Trinajstić information content (AvgIpc) is 3.04. The predicted octanol–water partition coefficient (Wildman–Crippen LogP) is 10.4. The van der Waals surface area contributed by atoms with Gasteiger partial charge in [0.05, 0.1) is 4.90 Å². The maximum atomic E-state index is 13.3. The molecule has 5 aromatic carbocycles. The molecule has 5 aromatic rings. The minimum absolute atomic E-state index is 0. The molecule has 0 aliphatic carbocycles. The van der Waals surface area contributed by atoms with E-state index >= 15 is 0 Å². The summed E-state index contributed by atoms with van der Waals surface area (Å²) in [6.07, 6.45) is 0. The molecule has 0 bridgehead atoms. The molecule has 263 valence electrons. The summed E-state index contributed by atoms with van der Waals surface area (Å²) in [5.41, 5.74) is 7.39. The van der Waals surface area contributed by atoms with Gasteiger partial charge < -0.3 is 17.9 Å². The van der Waals surface area contributed by atoms with E-state index in [1.165, 1.54) is 11.1 Å². The fourth-order valence-corrected chi connectivity index (χ4v) is 5.76. The molecule has 7 nitrogen and oxygen atoms in total. The Kier molecular flexibility index (Phi) is 17.0. The van der Waals surface area contributed by atoms with Gasteiger partial charge in [-0.1, -0.05) is 152 Å². The first-order valence-corrected chi connectivity index (χ1v) is 17.3. The Labute approximate surface area is 300 Å². The third-order valence-corrected chi connectivity index (χ3v) is 8.93. The molecule has 0 saturated carbocycles. The number of rotatable bonds is 7. The van der Waals surface area contributed by atoms with Crippen molar-refractivity contribution in [1.29, 1.82) is 0 Å². The van der Waals surface area contributed by atoms with E-state index in [0.717, 1.165) is 10.9 Å². The Balaban J connectivity index is 0.000000497. The third kappa shape index (κ3) is 12.7. The molecule has 0 unspecified atom stereocenters. The Morgan fingerprint density at radius 2 is 1.12 bits per heavy atom. The van der Waals surface area contributed by atoms with Crippen LogP contribution < -0.4 is 0 Å². The second-order valence-corrected chi connectivity index (χ2v) is 13.8. The largest absolute Gasteiger partial charge is 3.00 e. The van der Waals surface area contributed by atoms with Crippen molar-refractivity contribution >= 4 is 30.9 Å². The molecule has 0 fully saturated rings. The first-order chi connectivity index (χ1) is 22.0. The summed E-state index contributed by atoms with van der Waals surface area (Å²) in [6, 6.07) is 37.9. The maximum Gasteiger partial charge on any atom is 3.00 e. The van der Waals surface area contributed by atoms with Crippen LogP contribution >= 0.6 is 0 Å². The van der Waals surface area contributed by atoms with Crippen molar-refractivity contribution in [2.24, 2.45) is 0 Å². The summed E-state index contributed by atoms with van der Waals surface area (Å²) >= 11 is 0. The van der Waals surface area contributed by atoms with Crippen LogP contribution in [0.25, 0.3) is 21.2 Å². The van der Waals surface area contributed by atoms with Crippen molar-refractivity contribution in [3.05, 3.63) is 168 Å². The number of hydrogen-bond donors (Lipinski definition) is 1. The van der Waals surface area contributed by atoms with Gasteiger partial charge in [0.25, 0.3) is 0 Å². The zero-order valence-electron chi connectivity index (χ0n) is 27.2. The zero-order valence-corrected chi connectivity index (χ0v) is 30.6. The summed E-state index contributed by atoms with van der Waals surface area (Å²) < 4.78 is 88.4. The molecule has 49 heavy (non-hydrogen) atoms. The van der Waals surface area contributed by atoms with Gasteiger partial charge >= 0.3 is 35.1 Å². The number of aryl methyl sites for hydroxylation is 1. The van der Waals surface area contributed by atoms with Crippen molar-refractivity contribution in [2.45, 2.75) is 49.2 Å². The van der Waals surface area contributed by atoms with Gasteiger partial charge in [0.2, 0.25) is 0 Å². The maximum absolute atomic E-state index is 13.3. The van der Waals surface area contributed by atoms with Gasteiger partial charge in [0.15, 0.2) is 0 Å². The van der Waals surface area contributed by atoms with Crippen LogP contribution in [0.5, 0.6) is 0 Å². The summed E-state index contributed by atoms with van der Waals surface area (Å²) in [7, 11) is -9.82. The van der Waals surface area contributed by atoms with Gasteiger partial charge in [0.1, 0.15) is 10.0 Å². The van der Waals surface area contributed by atoms with E-state index in [0.29, 0.717) is 16.9 Å². The molecule has 0 amide bonds. The van der Waals surface area contributed by atoms with E-state index in [2.05, 4.69) is 49.8 Å². The molecule has 0 saturated heterocycles. The molecule has 0 aliphatic heterocycles. The summed E-state index contributed by atoms with van der Waals surface area (Å²) in [5.74, 6) is 0.653. The second kappa shape index (κ2) is 19.1. The quantitative estimate of drug-likeness (QED) is 0.0759. The van der Waals surface area contributed by atoms with Crippen molar-refractivity contribution < 1.29 is 54.0 Å². The standard InChI is InChI=1S/C24H20N2O2S.C10H14.CHF3O3S.CH3.Ru/c25-23(19-11-3-1-4-12-19)24(20-13-5-2-6-14-20)26-29(27,28)22-17-9-15-18-10-7-8-16-21(18)22;1-8(2)10-6-4-9(3)5-7-10;2-1(3,4)8(5,6)7;;/h1-17,23-25H;4-8H,1-3H3;(H,5,6,7);1H3;/q-2;;;-1;+3/t23-,24-;;;;/m1..../s1. The van der Waals surface area contributed by atoms with E-state index in [1.54, 1.807) is 18.2 Å². The molecule has 13 heteroatoms. The minimum atomic E-state index is -5.84. The van der Waals surface area contributed by atoms with Crippen LogP contribution in [0, 0.1) is 14.4 Å². The summed E-state index contributed by atoms with van der Waals surface area (Å²) in [4.78, 5) is 0.164. The molecule has 2 atom stereocenters. The third-order valence-electron chi connectivity index (χ3n) is 6.93. The second-order valence-electron chi connectivity index (χ2n) is 10.8. The van der Waals surface area contributed by atoms with Crippen LogP contribution in [0.4, 0.5) is 13.2 Å². The first-order valence-electron chi connectivity index (χ1n) is 14.4. The van der Waals surface area contributed by atoms with E-state index < -0.39 is 37.7 Å². The Hall–Kier alpha value is -3.45. The predicted molar refractivity (Wildman–Crippen MR) is 186 cm³/mol. The molecule has 5 rings (SSSR count). The molecular formula is C36H38F3N2O5RuS2. The number of nitrogens with one attached hydrogen (secondary N) is 1. The van der Waals surface area contributed by atoms with Gasteiger partial charge in [-0.2, -0.15) is 21.6 Å². The van der Waals surface area contributed by atoms with Crippen LogP contribution in [-0.4, -0.2) is 26.9 Å². The van der Waals surface area contributed by atoms with Crippen LogP contribution in [0.15, 0.2) is 132 Å². The number of fused-ring (bicyclic) bond motifs is 1. The Morgan fingerprint density at radius 3 is 1.61 bits per heavy atom. The minimum Gasteiger partial charge on any atom is -0.672 e. The number of benzene rings is 5. The molecular weight excluding hydrogens is 763 g/mol. The van der Waals surface area contributed by atoms with Gasteiger partial charge in [-0.05, 0) is 35.2 Å². The molecule has 0 aromatic heterocycles. The topological polar surface area (TPSA) is 126 Å². The van der Waals surface area contributed by atoms with Crippen molar-refractivity contribution in [3.63, 3.8) is 0 Å². The fourth-order valence-electron chi connectivity index (χ4n) is 4.39. The normalized spacial score (nSPS) is 12.6. The Bertz CT molecular complexity index is 1940. The molecule has 2 N–H and O–H groups in total. The fraction of sp³-hybridized carbons (Fsp3) is 0.194. The number of halogens is 3. The number of sulfonamides is 1. The van der Waals surface area contributed by atoms with E-state index in [4.69, 9.17) is 18.7 Å². The summed E-state index contributed by atoms with van der Waals surface area (Å²) in [6.45, 7) is 6.54. The average molecular weight is 801 g/mol. The van der Waals surface area contributed by atoms with Gasteiger partial charge in [-0.25, -0.2) is 8.42 Å². The number of alkyl halides is 3. The van der Waals surface area contributed by atoms with Crippen LogP contribution in [-0.2, 0) is 39.6 Å². The molecule has 0 aliphatic rings.